The lowest BCUT2D eigenvalue weighted by molar-refractivity contribution is 0.239. The van der Waals surface area contributed by atoms with E-state index < -0.39 is 0 Å². The van der Waals surface area contributed by atoms with Gasteiger partial charge in [0.2, 0.25) is 0 Å². The van der Waals surface area contributed by atoms with Crippen molar-refractivity contribution in [3.05, 3.63) is 53.6 Å². The van der Waals surface area contributed by atoms with E-state index in [1.807, 2.05) is 42.5 Å². The lowest BCUT2D eigenvalue weighted by atomic mass is 9.95. The number of methoxy groups -OCH3 is 3. The first-order chi connectivity index (χ1) is 13.1. The Hall–Kier alpha value is -2.89. The van der Waals surface area contributed by atoms with Gasteiger partial charge in [0.1, 0.15) is 5.75 Å². The number of urea groups is 1. The minimum absolute atomic E-state index is 0.0265. The van der Waals surface area contributed by atoms with E-state index in [0.29, 0.717) is 24.6 Å². The normalized spacial score (nSPS) is 14.2. The lowest BCUT2D eigenvalue weighted by Gasteiger charge is -2.19. The van der Waals surface area contributed by atoms with Crippen LogP contribution >= 0.6 is 0 Å². The number of benzene rings is 2. The third-order valence-electron chi connectivity index (χ3n) is 5.07. The highest BCUT2D eigenvalue weighted by Crippen LogP contribution is 2.49. The van der Waals surface area contributed by atoms with Crippen LogP contribution < -0.4 is 24.8 Å². The highest BCUT2D eigenvalue weighted by atomic mass is 16.5. The zero-order chi connectivity index (χ0) is 19.3. The standard InChI is InChI=1S/C21H26N2O4/c1-25-17-7-5-4-6-15(17)13-22-20(24)23-14-21(10-11-21)16-8-9-18(26-2)19(12-16)27-3/h4-9,12H,10-11,13-14H2,1-3H3,(H2,22,23,24). The summed E-state index contributed by atoms with van der Waals surface area (Å²) in [6.45, 7) is 0.999. The Morgan fingerprint density at radius 3 is 2.30 bits per heavy atom. The molecule has 2 aromatic carbocycles. The highest BCUT2D eigenvalue weighted by Gasteiger charge is 2.44. The van der Waals surface area contributed by atoms with Crippen molar-refractivity contribution in [2.45, 2.75) is 24.8 Å². The number of carbonyl (C=O) groups excluding carboxylic acids is 1. The molecule has 27 heavy (non-hydrogen) atoms. The summed E-state index contributed by atoms with van der Waals surface area (Å²) in [5.74, 6) is 2.18. The van der Waals surface area contributed by atoms with Gasteiger partial charge in [-0.1, -0.05) is 24.3 Å². The van der Waals surface area contributed by atoms with Crippen molar-refractivity contribution in [2.75, 3.05) is 27.9 Å². The SMILES string of the molecule is COc1ccccc1CNC(=O)NCC1(c2ccc(OC)c(OC)c2)CC1. The van der Waals surface area contributed by atoms with Crippen LogP contribution in [0.3, 0.4) is 0 Å². The Morgan fingerprint density at radius 2 is 1.63 bits per heavy atom. The van der Waals surface area contributed by atoms with Crippen molar-refractivity contribution in [1.29, 1.82) is 0 Å². The molecule has 0 saturated heterocycles. The van der Waals surface area contributed by atoms with E-state index in [1.54, 1.807) is 21.3 Å². The molecule has 6 heteroatoms. The highest BCUT2D eigenvalue weighted by molar-refractivity contribution is 5.74. The first-order valence-corrected chi connectivity index (χ1v) is 8.98. The molecular formula is C21H26N2O4. The molecule has 144 valence electrons. The van der Waals surface area contributed by atoms with Crippen LogP contribution in [0.5, 0.6) is 17.2 Å². The number of ether oxygens (including phenoxy) is 3. The van der Waals surface area contributed by atoms with Gasteiger partial charge < -0.3 is 24.8 Å². The van der Waals surface area contributed by atoms with Gasteiger partial charge in [-0.3, -0.25) is 0 Å². The summed E-state index contributed by atoms with van der Waals surface area (Å²) in [7, 11) is 4.88. The summed E-state index contributed by atoms with van der Waals surface area (Å²) >= 11 is 0. The summed E-state index contributed by atoms with van der Waals surface area (Å²) in [5, 5.41) is 5.89. The van der Waals surface area contributed by atoms with Crippen molar-refractivity contribution >= 4 is 6.03 Å². The second-order valence-corrected chi connectivity index (χ2v) is 6.70. The molecule has 0 unspecified atom stereocenters. The predicted molar refractivity (Wildman–Crippen MR) is 104 cm³/mol. The molecule has 0 heterocycles. The number of hydrogen-bond acceptors (Lipinski definition) is 4. The smallest absolute Gasteiger partial charge is 0.315 e. The van der Waals surface area contributed by atoms with Gasteiger partial charge in [0.15, 0.2) is 11.5 Å². The van der Waals surface area contributed by atoms with Crippen LogP contribution in [0.15, 0.2) is 42.5 Å². The van der Waals surface area contributed by atoms with Gasteiger partial charge in [-0.25, -0.2) is 4.79 Å². The predicted octanol–water partition coefficient (Wildman–Crippen LogP) is 3.24. The number of carbonyl (C=O) groups is 1. The Kier molecular flexibility index (Phi) is 5.74. The van der Waals surface area contributed by atoms with Crippen molar-refractivity contribution < 1.29 is 19.0 Å². The number of rotatable bonds is 8. The maximum absolute atomic E-state index is 12.2. The average molecular weight is 370 g/mol. The Balaban J connectivity index is 1.57. The van der Waals surface area contributed by atoms with E-state index in [2.05, 4.69) is 10.6 Å². The Morgan fingerprint density at radius 1 is 0.926 bits per heavy atom. The topological polar surface area (TPSA) is 68.8 Å². The maximum atomic E-state index is 12.2. The van der Waals surface area contributed by atoms with Crippen LogP contribution in [-0.4, -0.2) is 33.9 Å². The Labute approximate surface area is 159 Å². The molecule has 0 aromatic heterocycles. The fourth-order valence-corrected chi connectivity index (χ4v) is 3.22. The van der Waals surface area contributed by atoms with Crippen LogP contribution in [-0.2, 0) is 12.0 Å². The van der Waals surface area contributed by atoms with Crippen LogP contribution in [0.2, 0.25) is 0 Å². The minimum Gasteiger partial charge on any atom is -0.496 e. The summed E-state index contributed by atoms with van der Waals surface area (Å²) < 4.78 is 16.0. The molecule has 2 N–H and O–H groups in total. The second kappa shape index (κ2) is 8.20. The van der Waals surface area contributed by atoms with Gasteiger partial charge in [0.25, 0.3) is 0 Å². The maximum Gasteiger partial charge on any atom is 0.315 e. The third-order valence-corrected chi connectivity index (χ3v) is 5.07. The van der Waals surface area contributed by atoms with E-state index in [1.165, 1.54) is 0 Å². The van der Waals surface area contributed by atoms with Crippen LogP contribution in [0.4, 0.5) is 4.79 Å². The third kappa shape index (κ3) is 4.27. The van der Waals surface area contributed by atoms with Crippen molar-refractivity contribution in [1.82, 2.24) is 10.6 Å². The molecule has 1 saturated carbocycles. The van der Waals surface area contributed by atoms with Crippen molar-refractivity contribution in [3.63, 3.8) is 0 Å². The molecule has 0 radical (unpaired) electrons. The van der Waals surface area contributed by atoms with Gasteiger partial charge in [0, 0.05) is 24.1 Å². The van der Waals surface area contributed by atoms with Crippen molar-refractivity contribution in [2.24, 2.45) is 0 Å². The molecule has 1 aliphatic rings. The Bertz CT molecular complexity index is 803. The molecular weight excluding hydrogens is 344 g/mol. The quantitative estimate of drug-likeness (QED) is 0.748. The summed E-state index contributed by atoms with van der Waals surface area (Å²) in [5.41, 5.74) is 2.07. The zero-order valence-corrected chi connectivity index (χ0v) is 16.0. The molecule has 2 aromatic rings. The molecule has 0 aliphatic heterocycles. The first kappa shape index (κ1) is 18.9. The fourth-order valence-electron chi connectivity index (χ4n) is 3.22. The largest absolute Gasteiger partial charge is 0.496 e. The first-order valence-electron chi connectivity index (χ1n) is 8.98. The van der Waals surface area contributed by atoms with Crippen molar-refractivity contribution in [3.8, 4) is 17.2 Å². The number of nitrogens with one attached hydrogen (secondary N) is 2. The van der Waals surface area contributed by atoms with Gasteiger partial charge in [-0.05, 0) is 36.6 Å². The monoisotopic (exact) mass is 370 g/mol. The van der Waals surface area contributed by atoms with Gasteiger partial charge >= 0.3 is 6.03 Å². The summed E-state index contributed by atoms with van der Waals surface area (Å²) in [6, 6.07) is 13.4. The van der Waals surface area contributed by atoms with Crippen LogP contribution in [0.1, 0.15) is 24.0 Å². The minimum atomic E-state index is -0.187. The number of para-hydroxylation sites is 1. The lowest BCUT2D eigenvalue weighted by Crippen LogP contribution is -2.39. The second-order valence-electron chi connectivity index (χ2n) is 6.70. The molecule has 6 nitrogen and oxygen atoms in total. The molecule has 2 amide bonds. The molecule has 3 rings (SSSR count). The fraction of sp³-hybridized carbons (Fsp3) is 0.381. The van der Waals surface area contributed by atoms with E-state index in [9.17, 15) is 4.79 Å². The van der Waals surface area contributed by atoms with Gasteiger partial charge in [0.05, 0.1) is 21.3 Å². The molecule has 1 fully saturated rings. The zero-order valence-electron chi connectivity index (χ0n) is 16.0. The van der Waals surface area contributed by atoms with E-state index in [4.69, 9.17) is 14.2 Å². The molecule has 0 bridgehead atoms. The average Bonchev–Trinajstić information content (AvgIpc) is 3.51. The van der Waals surface area contributed by atoms with Crippen LogP contribution in [0, 0.1) is 0 Å². The van der Waals surface area contributed by atoms with E-state index in [-0.39, 0.29) is 11.4 Å². The molecule has 0 spiro atoms. The molecule has 1 aliphatic carbocycles. The summed E-state index contributed by atoms with van der Waals surface area (Å²) in [4.78, 5) is 12.2. The van der Waals surface area contributed by atoms with E-state index in [0.717, 1.165) is 29.7 Å². The summed E-state index contributed by atoms with van der Waals surface area (Å²) in [6.07, 6.45) is 2.07. The number of amides is 2. The van der Waals surface area contributed by atoms with Gasteiger partial charge in [-0.15, -0.1) is 0 Å². The van der Waals surface area contributed by atoms with E-state index >= 15 is 0 Å². The molecule has 0 atom stereocenters. The van der Waals surface area contributed by atoms with Crippen LogP contribution in [0.25, 0.3) is 0 Å². The van der Waals surface area contributed by atoms with Gasteiger partial charge in [-0.2, -0.15) is 0 Å². The number of hydrogen-bond donors (Lipinski definition) is 2.